The third-order valence-electron chi connectivity index (χ3n) is 3.70. The zero-order valence-electron chi connectivity index (χ0n) is 10.2. The molecular formula is C12H20N2O3. The van der Waals surface area contributed by atoms with E-state index in [1.54, 1.807) is 0 Å². The summed E-state index contributed by atoms with van der Waals surface area (Å²) in [4.78, 5) is 22.5. The Balaban J connectivity index is 1.70. The minimum absolute atomic E-state index is 0.0207. The fraction of sp³-hybridized carbons (Fsp3) is 0.833. The van der Waals surface area contributed by atoms with Crippen LogP contribution in [0.4, 0.5) is 0 Å². The maximum Gasteiger partial charge on any atom is 0.325 e. The van der Waals surface area contributed by atoms with Crippen LogP contribution in [0.25, 0.3) is 0 Å². The maximum atomic E-state index is 11.6. The van der Waals surface area contributed by atoms with Gasteiger partial charge in [0.2, 0.25) is 5.91 Å². The van der Waals surface area contributed by atoms with Crippen LogP contribution in [0.15, 0.2) is 0 Å². The number of carbonyl (C=O) groups is 2. The number of methoxy groups -OCH3 is 1. The van der Waals surface area contributed by atoms with Crippen LogP contribution in [0.3, 0.4) is 0 Å². The van der Waals surface area contributed by atoms with Gasteiger partial charge in [0, 0.05) is 18.5 Å². The van der Waals surface area contributed by atoms with E-state index >= 15 is 0 Å². The molecule has 0 aromatic carbocycles. The largest absolute Gasteiger partial charge is 0.468 e. The minimum Gasteiger partial charge on any atom is -0.468 e. The number of hydrogen-bond acceptors (Lipinski definition) is 4. The molecule has 0 aromatic heterocycles. The molecule has 0 radical (unpaired) electrons. The van der Waals surface area contributed by atoms with Crippen molar-refractivity contribution in [2.45, 2.75) is 44.2 Å². The summed E-state index contributed by atoms with van der Waals surface area (Å²) in [6, 6.07) is 1.21. The number of hydrogen-bond donors (Lipinski definition) is 2. The quantitative estimate of drug-likeness (QED) is 0.689. The zero-order valence-corrected chi connectivity index (χ0v) is 10.2. The van der Waals surface area contributed by atoms with Gasteiger partial charge in [0.1, 0.15) is 6.54 Å². The molecule has 96 valence electrons. The minimum atomic E-state index is -0.399. The average molecular weight is 240 g/mol. The maximum absolute atomic E-state index is 11.6. The third kappa shape index (κ3) is 3.43. The summed E-state index contributed by atoms with van der Waals surface area (Å²) >= 11 is 0. The smallest absolute Gasteiger partial charge is 0.325 e. The van der Waals surface area contributed by atoms with Gasteiger partial charge in [0.25, 0.3) is 0 Å². The number of rotatable bonds is 4. The molecule has 2 bridgehead atoms. The average Bonchev–Trinajstić information content (AvgIpc) is 2.65. The van der Waals surface area contributed by atoms with Crippen LogP contribution in [0.1, 0.15) is 32.1 Å². The predicted octanol–water partition coefficient (Wildman–Crippen LogP) is 0.196. The monoisotopic (exact) mass is 240 g/mol. The van der Waals surface area contributed by atoms with Crippen LogP contribution >= 0.6 is 0 Å². The van der Waals surface area contributed by atoms with E-state index in [4.69, 9.17) is 0 Å². The van der Waals surface area contributed by atoms with E-state index in [0.29, 0.717) is 24.4 Å². The van der Waals surface area contributed by atoms with Gasteiger partial charge in [-0.3, -0.25) is 9.59 Å². The van der Waals surface area contributed by atoms with E-state index in [2.05, 4.69) is 15.4 Å². The van der Waals surface area contributed by atoms with Gasteiger partial charge in [-0.15, -0.1) is 0 Å². The molecule has 2 atom stereocenters. The Labute approximate surface area is 101 Å². The standard InChI is InChI=1S/C12H20N2O3/c1-17-12(16)7-13-11(15)6-8-4-9-2-3-10(5-8)14-9/h8-10,14H,2-7H2,1H3,(H,13,15). The van der Waals surface area contributed by atoms with E-state index in [0.717, 1.165) is 12.8 Å². The first-order valence-electron chi connectivity index (χ1n) is 6.27. The van der Waals surface area contributed by atoms with Crippen molar-refractivity contribution in [1.29, 1.82) is 0 Å². The Bertz CT molecular complexity index is 294. The molecule has 2 heterocycles. The molecular weight excluding hydrogens is 220 g/mol. The topological polar surface area (TPSA) is 67.4 Å². The number of ether oxygens (including phenoxy) is 1. The van der Waals surface area contributed by atoms with Gasteiger partial charge in [-0.05, 0) is 31.6 Å². The molecule has 2 rings (SSSR count). The number of amides is 1. The van der Waals surface area contributed by atoms with E-state index in [1.165, 1.54) is 20.0 Å². The highest BCUT2D eigenvalue weighted by Gasteiger charge is 2.34. The molecule has 1 amide bonds. The first kappa shape index (κ1) is 12.4. The van der Waals surface area contributed by atoms with Crippen molar-refractivity contribution in [2.75, 3.05) is 13.7 Å². The number of carbonyl (C=O) groups excluding carboxylic acids is 2. The molecule has 17 heavy (non-hydrogen) atoms. The molecule has 0 spiro atoms. The summed E-state index contributed by atoms with van der Waals surface area (Å²) in [5.74, 6) is 0.0248. The summed E-state index contributed by atoms with van der Waals surface area (Å²) in [6.45, 7) is -0.0207. The van der Waals surface area contributed by atoms with Gasteiger partial charge in [-0.25, -0.2) is 0 Å². The van der Waals surface area contributed by atoms with E-state index in [-0.39, 0.29) is 12.5 Å². The molecule has 0 saturated carbocycles. The van der Waals surface area contributed by atoms with Gasteiger partial charge in [-0.2, -0.15) is 0 Å². The highest BCUT2D eigenvalue weighted by Crippen LogP contribution is 2.32. The Morgan fingerprint density at radius 2 is 1.94 bits per heavy atom. The lowest BCUT2D eigenvalue weighted by atomic mass is 9.89. The summed E-state index contributed by atoms with van der Waals surface area (Å²) < 4.78 is 4.47. The zero-order chi connectivity index (χ0) is 12.3. The van der Waals surface area contributed by atoms with Crippen LogP contribution in [0, 0.1) is 5.92 Å². The van der Waals surface area contributed by atoms with Crippen molar-refractivity contribution >= 4 is 11.9 Å². The van der Waals surface area contributed by atoms with Crippen LogP contribution in [-0.4, -0.2) is 37.6 Å². The van der Waals surface area contributed by atoms with Crippen molar-refractivity contribution in [2.24, 2.45) is 5.92 Å². The second-order valence-electron chi connectivity index (χ2n) is 5.03. The normalized spacial score (nSPS) is 31.0. The lowest BCUT2D eigenvalue weighted by Gasteiger charge is -2.28. The van der Waals surface area contributed by atoms with Crippen molar-refractivity contribution in [3.8, 4) is 0 Å². The molecule has 2 saturated heterocycles. The molecule has 2 aliphatic heterocycles. The summed E-state index contributed by atoms with van der Waals surface area (Å²) in [5, 5.41) is 6.14. The van der Waals surface area contributed by atoms with Crippen molar-refractivity contribution in [3.63, 3.8) is 0 Å². The van der Waals surface area contributed by atoms with Crippen LogP contribution in [0.2, 0.25) is 0 Å². The molecule has 5 nitrogen and oxygen atoms in total. The van der Waals surface area contributed by atoms with Gasteiger partial charge in [-0.1, -0.05) is 0 Å². The number of nitrogens with one attached hydrogen (secondary N) is 2. The van der Waals surface area contributed by atoms with Crippen molar-refractivity contribution < 1.29 is 14.3 Å². The SMILES string of the molecule is COC(=O)CNC(=O)CC1CC2CCC(C1)N2. The van der Waals surface area contributed by atoms with Crippen molar-refractivity contribution in [1.82, 2.24) is 10.6 Å². The molecule has 2 N–H and O–H groups in total. The highest BCUT2D eigenvalue weighted by molar-refractivity contribution is 5.81. The lowest BCUT2D eigenvalue weighted by molar-refractivity contribution is -0.141. The predicted molar refractivity (Wildman–Crippen MR) is 62.3 cm³/mol. The lowest BCUT2D eigenvalue weighted by Crippen LogP contribution is -2.40. The third-order valence-corrected chi connectivity index (χ3v) is 3.70. The van der Waals surface area contributed by atoms with Crippen LogP contribution in [0.5, 0.6) is 0 Å². The molecule has 2 aliphatic rings. The van der Waals surface area contributed by atoms with E-state index in [1.807, 2.05) is 0 Å². The van der Waals surface area contributed by atoms with Gasteiger partial charge < -0.3 is 15.4 Å². The molecule has 2 fully saturated rings. The second kappa shape index (κ2) is 5.49. The fourth-order valence-electron chi connectivity index (χ4n) is 2.92. The van der Waals surface area contributed by atoms with E-state index in [9.17, 15) is 9.59 Å². The van der Waals surface area contributed by atoms with Crippen LogP contribution in [-0.2, 0) is 14.3 Å². The first-order chi connectivity index (χ1) is 8.17. The summed E-state index contributed by atoms with van der Waals surface area (Å²) in [7, 11) is 1.32. The van der Waals surface area contributed by atoms with Crippen molar-refractivity contribution in [3.05, 3.63) is 0 Å². The summed E-state index contributed by atoms with van der Waals surface area (Å²) in [5.41, 5.74) is 0. The Morgan fingerprint density at radius 1 is 1.29 bits per heavy atom. The Hall–Kier alpha value is -1.10. The summed E-state index contributed by atoms with van der Waals surface area (Å²) in [6.07, 6.45) is 5.19. The highest BCUT2D eigenvalue weighted by atomic mass is 16.5. The first-order valence-corrected chi connectivity index (χ1v) is 6.27. The van der Waals surface area contributed by atoms with Gasteiger partial charge in [0.15, 0.2) is 0 Å². The number of piperidine rings is 1. The van der Waals surface area contributed by atoms with Gasteiger partial charge in [0.05, 0.1) is 7.11 Å². The van der Waals surface area contributed by atoms with E-state index < -0.39 is 5.97 Å². The molecule has 2 unspecified atom stereocenters. The fourth-order valence-corrected chi connectivity index (χ4v) is 2.92. The molecule has 0 aliphatic carbocycles. The Kier molecular flexibility index (Phi) is 3.99. The van der Waals surface area contributed by atoms with Crippen LogP contribution < -0.4 is 10.6 Å². The number of fused-ring (bicyclic) bond motifs is 2. The second-order valence-corrected chi connectivity index (χ2v) is 5.03. The Morgan fingerprint density at radius 3 is 2.53 bits per heavy atom. The molecule has 5 heteroatoms. The van der Waals surface area contributed by atoms with Gasteiger partial charge >= 0.3 is 5.97 Å². The molecule has 0 aromatic rings. The number of esters is 1.